The van der Waals surface area contributed by atoms with Crippen LogP contribution in [0.4, 0.5) is 0 Å². The van der Waals surface area contributed by atoms with Crippen molar-refractivity contribution in [3.05, 3.63) is 0 Å². The number of Topliss-reactive ketones (excluding diaryl/α,β-unsaturated/α-hetero) is 1. The fraction of sp³-hybridized carbons (Fsp3) is 0.913. The van der Waals surface area contributed by atoms with E-state index < -0.39 is 11.4 Å². The SMILES string of the molecule is CC(C)C[C@@H](CCC(=O)O)NC(=O)CCCCCCCNC(=O)[C@]12CCC(C)(C)C[C@H]1C1C(=O)C[C@@H]3[C@@]4(C)CC[C@H](O)C(C)(C)[C@@H]4CC[C@@]3(C)[C@]1(C)CC2. The van der Waals surface area contributed by atoms with Gasteiger partial charge in [0.1, 0.15) is 5.78 Å². The van der Waals surface area contributed by atoms with Crippen LogP contribution in [-0.4, -0.2) is 52.5 Å². The number of carboxylic acid groups (broad SMARTS) is 1. The van der Waals surface area contributed by atoms with Gasteiger partial charge in [-0.3, -0.25) is 19.2 Å². The first-order valence-corrected chi connectivity index (χ1v) is 22.1. The number of unbranched alkanes of at least 4 members (excludes halogenated alkanes) is 4. The Bertz CT molecular complexity index is 1390. The lowest BCUT2D eigenvalue weighted by molar-refractivity contribution is -0.244. The lowest BCUT2D eigenvalue weighted by Gasteiger charge is -2.72. The summed E-state index contributed by atoms with van der Waals surface area (Å²) in [6.45, 7) is 21.5. The molecule has 8 nitrogen and oxygen atoms in total. The molecule has 5 fully saturated rings. The summed E-state index contributed by atoms with van der Waals surface area (Å²) >= 11 is 0. The normalized spacial score (nSPS) is 38.6. The second-order valence-electron chi connectivity index (χ2n) is 21.7. The average molecular weight is 755 g/mol. The molecule has 5 aliphatic rings. The third kappa shape index (κ3) is 8.08. The zero-order valence-electron chi connectivity index (χ0n) is 35.7. The van der Waals surface area contributed by atoms with Crippen LogP contribution in [-0.2, 0) is 19.2 Å². The van der Waals surface area contributed by atoms with Crippen molar-refractivity contribution in [2.24, 2.45) is 62.1 Å². The Morgan fingerprint density at radius 1 is 0.796 bits per heavy atom. The molecule has 2 amide bonds. The van der Waals surface area contributed by atoms with E-state index in [4.69, 9.17) is 5.11 Å². The highest BCUT2D eigenvalue weighted by Crippen LogP contribution is 2.76. The highest BCUT2D eigenvalue weighted by Gasteiger charge is 2.73. The number of aliphatic carboxylic acids is 1. The van der Waals surface area contributed by atoms with Gasteiger partial charge >= 0.3 is 5.97 Å². The molecule has 0 saturated heterocycles. The molecule has 0 aromatic carbocycles. The summed E-state index contributed by atoms with van der Waals surface area (Å²) in [6.07, 6.45) is 15.4. The molecule has 1 unspecified atom stereocenters. The van der Waals surface area contributed by atoms with Gasteiger partial charge in [0.2, 0.25) is 11.8 Å². The van der Waals surface area contributed by atoms with Gasteiger partial charge in [-0.1, -0.05) is 81.6 Å². The minimum absolute atomic E-state index is 0.00645. The minimum Gasteiger partial charge on any atom is -0.481 e. The third-order valence-electron chi connectivity index (χ3n) is 17.1. The van der Waals surface area contributed by atoms with Crippen molar-refractivity contribution >= 4 is 23.6 Å². The number of hydrogen-bond donors (Lipinski definition) is 4. The first kappa shape index (κ1) is 43.2. The van der Waals surface area contributed by atoms with Crippen LogP contribution >= 0.6 is 0 Å². The molecule has 0 bridgehead atoms. The number of carboxylic acids is 1. The number of carbonyl (C=O) groups is 4. The highest BCUT2D eigenvalue weighted by molar-refractivity contribution is 5.88. The van der Waals surface area contributed by atoms with Crippen molar-refractivity contribution in [1.82, 2.24) is 10.6 Å². The van der Waals surface area contributed by atoms with Gasteiger partial charge < -0.3 is 20.8 Å². The van der Waals surface area contributed by atoms with E-state index in [1.807, 2.05) is 0 Å². The molecule has 10 atom stereocenters. The second kappa shape index (κ2) is 16.1. The summed E-state index contributed by atoms with van der Waals surface area (Å²) in [5.41, 5.74) is -0.626. The van der Waals surface area contributed by atoms with E-state index >= 15 is 0 Å². The predicted octanol–water partition coefficient (Wildman–Crippen LogP) is 9.26. The van der Waals surface area contributed by atoms with Crippen LogP contribution < -0.4 is 10.6 Å². The quantitative estimate of drug-likeness (QED) is 0.123. The molecule has 54 heavy (non-hydrogen) atoms. The molecule has 0 radical (unpaired) electrons. The third-order valence-corrected chi connectivity index (χ3v) is 17.1. The maximum absolute atomic E-state index is 14.9. The van der Waals surface area contributed by atoms with Crippen LogP contribution in [0.5, 0.6) is 0 Å². The number of rotatable bonds is 15. The summed E-state index contributed by atoms with van der Waals surface area (Å²) in [7, 11) is 0. The topological polar surface area (TPSA) is 133 Å². The predicted molar refractivity (Wildman–Crippen MR) is 214 cm³/mol. The number of fused-ring (bicyclic) bond motifs is 7. The van der Waals surface area contributed by atoms with Gasteiger partial charge in [-0.05, 0) is 134 Å². The monoisotopic (exact) mass is 755 g/mol. The van der Waals surface area contributed by atoms with E-state index in [0.29, 0.717) is 49.3 Å². The van der Waals surface area contributed by atoms with Crippen LogP contribution in [0.25, 0.3) is 0 Å². The molecule has 0 aromatic rings. The van der Waals surface area contributed by atoms with Gasteiger partial charge in [0.05, 0.1) is 11.5 Å². The molecule has 0 aromatic heterocycles. The maximum Gasteiger partial charge on any atom is 0.303 e. The summed E-state index contributed by atoms with van der Waals surface area (Å²) in [4.78, 5) is 53.0. The molecular weight excluding hydrogens is 677 g/mol. The molecule has 5 rings (SSSR count). The van der Waals surface area contributed by atoms with Crippen molar-refractivity contribution in [3.8, 4) is 0 Å². The number of aliphatic hydroxyl groups is 1. The summed E-state index contributed by atoms with van der Waals surface area (Å²) < 4.78 is 0. The lowest BCUT2D eigenvalue weighted by Crippen LogP contribution is -2.70. The Morgan fingerprint density at radius 3 is 2.15 bits per heavy atom. The number of nitrogens with one attached hydrogen (secondary N) is 2. The highest BCUT2D eigenvalue weighted by atomic mass is 16.4. The zero-order valence-corrected chi connectivity index (χ0v) is 35.7. The van der Waals surface area contributed by atoms with Crippen LogP contribution in [0.2, 0.25) is 0 Å². The molecule has 308 valence electrons. The largest absolute Gasteiger partial charge is 0.481 e. The Hall–Kier alpha value is -1.96. The first-order chi connectivity index (χ1) is 25.1. The van der Waals surface area contributed by atoms with Crippen LogP contribution in [0.3, 0.4) is 0 Å². The molecular formula is C46H78N2O6. The van der Waals surface area contributed by atoms with E-state index in [1.165, 1.54) is 0 Å². The van der Waals surface area contributed by atoms with Crippen molar-refractivity contribution < 1.29 is 29.4 Å². The summed E-state index contributed by atoms with van der Waals surface area (Å²) in [6, 6.07) is -0.0934. The fourth-order valence-corrected chi connectivity index (χ4v) is 13.8. The number of amides is 2. The fourth-order valence-electron chi connectivity index (χ4n) is 13.8. The lowest BCUT2D eigenvalue weighted by atomic mass is 9.31. The van der Waals surface area contributed by atoms with Crippen molar-refractivity contribution in [2.45, 2.75) is 196 Å². The Labute approximate surface area is 327 Å². The number of carbonyl (C=O) groups excluding carboxylic acids is 3. The number of ketones is 1. The van der Waals surface area contributed by atoms with Gasteiger partial charge in [-0.15, -0.1) is 0 Å². The zero-order chi connectivity index (χ0) is 39.9. The molecule has 0 spiro atoms. The van der Waals surface area contributed by atoms with E-state index in [0.717, 1.165) is 96.3 Å². The van der Waals surface area contributed by atoms with Crippen molar-refractivity contribution in [2.75, 3.05) is 6.54 Å². The van der Waals surface area contributed by atoms with Crippen LogP contribution in [0, 0.1) is 62.1 Å². The van der Waals surface area contributed by atoms with E-state index in [-0.39, 0.29) is 69.3 Å². The first-order valence-electron chi connectivity index (χ1n) is 22.1. The molecule has 5 saturated carbocycles. The Kier molecular flexibility index (Phi) is 12.9. The molecule has 0 heterocycles. The summed E-state index contributed by atoms with van der Waals surface area (Å²) in [5.74, 6) is 0.849. The van der Waals surface area contributed by atoms with E-state index in [2.05, 4.69) is 72.9 Å². The smallest absolute Gasteiger partial charge is 0.303 e. The minimum atomic E-state index is -0.830. The Morgan fingerprint density at radius 2 is 1.46 bits per heavy atom. The van der Waals surface area contributed by atoms with Gasteiger partial charge in [-0.25, -0.2) is 0 Å². The van der Waals surface area contributed by atoms with Gasteiger partial charge in [0.25, 0.3) is 0 Å². The maximum atomic E-state index is 14.9. The van der Waals surface area contributed by atoms with Crippen molar-refractivity contribution in [1.29, 1.82) is 0 Å². The molecule has 0 aliphatic heterocycles. The molecule has 8 heteroatoms. The second-order valence-corrected chi connectivity index (χ2v) is 21.7. The number of aliphatic hydroxyl groups excluding tert-OH is 1. The van der Waals surface area contributed by atoms with E-state index in [1.54, 1.807) is 0 Å². The molecule has 5 aliphatic carbocycles. The standard InChI is InChI=1S/C46H78N2O6/c1-30(2)27-31(16-17-38(52)53)48-37(51)15-13-11-10-12-14-26-47-40(54)46-24-22-41(3,4)29-32(46)39-33(49)28-35-43(7)20-19-36(50)42(5,6)34(43)18-21-44(35,8)45(39,9)23-25-46/h30-32,34-36,39,50H,10-29H2,1-9H3,(H,47,54)(H,48,51)(H,52,53)/t31-,32+,34+,35-,36+,39?,43+,44-,45-,46+/m1/s1. The van der Waals surface area contributed by atoms with E-state index in [9.17, 15) is 24.3 Å². The summed E-state index contributed by atoms with van der Waals surface area (Å²) in [5, 5.41) is 26.6. The van der Waals surface area contributed by atoms with Gasteiger partial charge in [-0.2, -0.15) is 0 Å². The van der Waals surface area contributed by atoms with Gasteiger partial charge in [0.15, 0.2) is 0 Å². The number of hydrogen-bond acceptors (Lipinski definition) is 5. The van der Waals surface area contributed by atoms with Gasteiger partial charge in [0, 0.05) is 37.8 Å². The van der Waals surface area contributed by atoms with Crippen LogP contribution in [0.1, 0.15) is 184 Å². The average Bonchev–Trinajstić information content (AvgIpc) is 3.07. The molecule has 4 N–H and O–H groups in total. The van der Waals surface area contributed by atoms with Crippen molar-refractivity contribution in [3.63, 3.8) is 0 Å². The van der Waals surface area contributed by atoms with Crippen LogP contribution in [0.15, 0.2) is 0 Å². The Balaban J connectivity index is 1.18.